The molecule has 2 rings (SSSR count). The number of para-hydroxylation sites is 1. The third kappa shape index (κ3) is 3.84. The molecule has 0 aliphatic carbocycles. The third-order valence-corrected chi connectivity index (χ3v) is 3.81. The summed E-state index contributed by atoms with van der Waals surface area (Å²) in [7, 11) is 0. The number of rotatable bonds is 7. The monoisotopic (exact) mass is 269 g/mol. The van der Waals surface area contributed by atoms with Gasteiger partial charge in [0.2, 0.25) is 0 Å². The highest BCUT2D eigenvalue weighted by atomic mass is 16.5. The van der Waals surface area contributed by atoms with Crippen LogP contribution in [0.2, 0.25) is 0 Å². The minimum Gasteiger partial charge on any atom is -0.494 e. The Morgan fingerprint density at radius 1 is 0.950 bits per heavy atom. The molecule has 0 radical (unpaired) electrons. The Labute approximate surface area is 121 Å². The van der Waals surface area contributed by atoms with E-state index in [-0.39, 0.29) is 5.41 Å². The molecule has 0 saturated carbocycles. The van der Waals surface area contributed by atoms with Crippen LogP contribution in [0.3, 0.4) is 0 Å². The Kier molecular flexibility index (Phi) is 5.19. The van der Waals surface area contributed by atoms with Gasteiger partial charge in [-0.1, -0.05) is 55.5 Å². The van der Waals surface area contributed by atoms with Crippen LogP contribution in [-0.4, -0.2) is 13.2 Å². The molecule has 0 bridgehead atoms. The molecule has 2 N–H and O–H groups in total. The predicted octanol–water partition coefficient (Wildman–Crippen LogP) is 3.76. The molecule has 106 valence electrons. The van der Waals surface area contributed by atoms with Crippen molar-refractivity contribution in [3.8, 4) is 5.75 Å². The maximum absolute atomic E-state index is 5.99. The number of hydrogen-bond acceptors (Lipinski definition) is 2. The first-order valence-corrected chi connectivity index (χ1v) is 7.18. The summed E-state index contributed by atoms with van der Waals surface area (Å²) in [5, 5.41) is 0. The van der Waals surface area contributed by atoms with Gasteiger partial charge in [-0.2, -0.15) is 0 Å². The summed E-state index contributed by atoms with van der Waals surface area (Å²) in [5.41, 5.74) is 7.33. The van der Waals surface area contributed by atoms with Crippen LogP contribution >= 0.6 is 0 Å². The smallest absolute Gasteiger partial charge is 0.119 e. The highest BCUT2D eigenvalue weighted by molar-refractivity contribution is 5.25. The quantitative estimate of drug-likeness (QED) is 0.777. The van der Waals surface area contributed by atoms with Crippen LogP contribution in [0.15, 0.2) is 60.7 Å². The maximum Gasteiger partial charge on any atom is 0.119 e. The highest BCUT2D eigenvalue weighted by Crippen LogP contribution is 2.27. The number of hydrogen-bond donors (Lipinski definition) is 1. The highest BCUT2D eigenvalue weighted by Gasteiger charge is 2.24. The predicted molar refractivity (Wildman–Crippen MR) is 84.0 cm³/mol. The zero-order valence-corrected chi connectivity index (χ0v) is 12.1. The standard InChI is InChI=1S/C18H23NO/c1-18(15-19,16-9-4-2-5-10-16)13-8-14-20-17-11-6-3-7-12-17/h2-7,9-12H,8,13-15,19H2,1H3. The molecule has 1 unspecified atom stereocenters. The molecule has 1 atom stereocenters. The molecule has 2 heteroatoms. The van der Waals surface area contributed by atoms with Crippen molar-refractivity contribution < 1.29 is 4.74 Å². The van der Waals surface area contributed by atoms with E-state index in [1.54, 1.807) is 0 Å². The second-order valence-electron chi connectivity index (χ2n) is 5.40. The van der Waals surface area contributed by atoms with E-state index in [1.807, 2.05) is 36.4 Å². The average molecular weight is 269 g/mol. The van der Waals surface area contributed by atoms with Gasteiger partial charge in [0, 0.05) is 12.0 Å². The van der Waals surface area contributed by atoms with Crippen molar-refractivity contribution in [2.75, 3.05) is 13.2 Å². The first-order valence-electron chi connectivity index (χ1n) is 7.18. The summed E-state index contributed by atoms with van der Waals surface area (Å²) in [6.07, 6.45) is 2.03. The Balaban J connectivity index is 1.85. The molecular weight excluding hydrogens is 246 g/mol. The molecule has 0 aliphatic heterocycles. The molecule has 20 heavy (non-hydrogen) atoms. The van der Waals surface area contributed by atoms with Crippen LogP contribution in [0.1, 0.15) is 25.3 Å². The van der Waals surface area contributed by atoms with Crippen LogP contribution in [0, 0.1) is 0 Å². The van der Waals surface area contributed by atoms with E-state index in [0.29, 0.717) is 6.54 Å². The lowest BCUT2D eigenvalue weighted by Crippen LogP contribution is -2.32. The molecule has 0 fully saturated rings. The first-order chi connectivity index (χ1) is 9.74. The summed E-state index contributed by atoms with van der Waals surface area (Å²) in [5.74, 6) is 0.932. The van der Waals surface area contributed by atoms with Crippen LogP contribution < -0.4 is 10.5 Å². The van der Waals surface area contributed by atoms with Gasteiger partial charge >= 0.3 is 0 Å². The van der Waals surface area contributed by atoms with E-state index in [2.05, 4.69) is 31.2 Å². The van der Waals surface area contributed by atoms with E-state index in [0.717, 1.165) is 25.2 Å². The zero-order valence-electron chi connectivity index (χ0n) is 12.1. The van der Waals surface area contributed by atoms with E-state index < -0.39 is 0 Å². The van der Waals surface area contributed by atoms with Gasteiger partial charge in [0.05, 0.1) is 6.61 Å². The van der Waals surface area contributed by atoms with Crippen molar-refractivity contribution in [2.24, 2.45) is 5.73 Å². The lowest BCUT2D eigenvalue weighted by atomic mass is 9.79. The van der Waals surface area contributed by atoms with Gasteiger partial charge < -0.3 is 10.5 Å². The van der Waals surface area contributed by atoms with Crippen molar-refractivity contribution in [3.05, 3.63) is 66.2 Å². The second-order valence-corrected chi connectivity index (χ2v) is 5.40. The van der Waals surface area contributed by atoms with Gasteiger partial charge in [0.25, 0.3) is 0 Å². The molecule has 0 amide bonds. The number of nitrogens with two attached hydrogens (primary N) is 1. The molecule has 0 spiro atoms. The lowest BCUT2D eigenvalue weighted by molar-refractivity contribution is 0.285. The number of ether oxygens (including phenoxy) is 1. The van der Waals surface area contributed by atoms with Gasteiger partial charge in [0.15, 0.2) is 0 Å². The van der Waals surface area contributed by atoms with Crippen molar-refractivity contribution in [2.45, 2.75) is 25.2 Å². The number of benzene rings is 2. The molecule has 0 heterocycles. The Morgan fingerprint density at radius 2 is 1.55 bits per heavy atom. The SMILES string of the molecule is CC(CN)(CCCOc1ccccc1)c1ccccc1. The van der Waals surface area contributed by atoms with E-state index in [4.69, 9.17) is 10.5 Å². The Morgan fingerprint density at radius 3 is 2.15 bits per heavy atom. The molecule has 2 aromatic rings. The van der Waals surface area contributed by atoms with Gasteiger partial charge in [-0.25, -0.2) is 0 Å². The fourth-order valence-corrected chi connectivity index (χ4v) is 2.37. The van der Waals surface area contributed by atoms with E-state index >= 15 is 0 Å². The molecule has 2 aromatic carbocycles. The fourth-order valence-electron chi connectivity index (χ4n) is 2.37. The summed E-state index contributed by atoms with van der Waals surface area (Å²) >= 11 is 0. The van der Waals surface area contributed by atoms with Gasteiger partial charge in [-0.15, -0.1) is 0 Å². The average Bonchev–Trinajstić information content (AvgIpc) is 2.53. The largest absolute Gasteiger partial charge is 0.494 e. The van der Waals surface area contributed by atoms with Crippen molar-refractivity contribution >= 4 is 0 Å². The molecule has 0 aromatic heterocycles. The molecule has 0 aliphatic rings. The molecule has 0 saturated heterocycles. The summed E-state index contributed by atoms with van der Waals surface area (Å²) in [6, 6.07) is 20.4. The molecular formula is C18H23NO. The second kappa shape index (κ2) is 7.11. The van der Waals surface area contributed by atoms with Crippen LogP contribution in [-0.2, 0) is 5.41 Å². The normalized spacial score (nSPS) is 13.7. The van der Waals surface area contributed by atoms with Gasteiger partial charge in [-0.05, 0) is 30.5 Å². The van der Waals surface area contributed by atoms with Gasteiger partial charge in [-0.3, -0.25) is 0 Å². The van der Waals surface area contributed by atoms with Crippen molar-refractivity contribution in [1.29, 1.82) is 0 Å². The summed E-state index contributed by atoms with van der Waals surface area (Å²) < 4.78 is 5.74. The minimum absolute atomic E-state index is 0.0291. The minimum atomic E-state index is 0.0291. The maximum atomic E-state index is 5.99. The van der Waals surface area contributed by atoms with Gasteiger partial charge in [0.1, 0.15) is 5.75 Å². The summed E-state index contributed by atoms with van der Waals surface area (Å²) in [6.45, 7) is 3.61. The Bertz CT molecular complexity index is 497. The van der Waals surface area contributed by atoms with Crippen LogP contribution in [0.25, 0.3) is 0 Å². The third-order valence-electron chi connectivity index (χ3n) is 3.81. The Hall–Kier alpha value is -1.80. The van der Waals surface area contributed by atoms with Crippen molar-refractivity contribution in [3.63, 3.8) is 0 Å². The topological polar surface area (TPSA) is 35.2 Å². The summed E-state index contributed by atoms with van der Waals surface area (Å²) in [4.78, 5) is 0. The zero-order chi connectivity index (χ0) is 14.3. The van der Waals surface area contributed by atoms with Crippen LogP contribution in [0.5, 0.6) is 5.75 Å². The van der Waals surface area contributed by atoms with Crippen LogP contribution in [0.4, 0.5) is 0 Å². The molecule has 2 nitrogen and oxygen atoms in total. The van der Waals surface area contributed by atoms with E-state index in [9.17, 15) is 0 Å². The first kappa shape index (κ1) is 14.6. The fraction of sp³-hybridized carbons (Fsp3) is 0.333. The lowest BCUT2D eigenvalue weighted by Gasteiger charge is -2.28. The van der Waals surface area contributed by atoms with Crippen molar-refractivity contribution in [1.82, 2.24) is 0 Å². The van der Waals surface area contributed by atoms with E-state index in [1.165, 1.54) is 5.56 Å².